The highest BCUT2D eigenvalue weighted by Gasteiger charge is 3.05. The van der Waals surface area contributed by atoms with Crippen LogP contribution in [-0.4, -0.2) is 56.8 Å². The molecule has 7 aliphatic rings. The number of carbonyl (C=O) groups excluding carboxylic acids is 3. The highest BCUT2D eigenvalue weighted by Crippen LogP contribution is 2.95. The molecule has 1 spiro atoms. The van der Waals surface area contributed by atoms with Crippen LogP contribution in [0.5, 0.6) is 0 Å². The number of aliphatic hydroxyl groups excluding tert-OH is 1. The molecule has 7 rings (SSSR count). The van der Waals surface area contributed by atoms with Crippen molar-refractivity contribution in [2.45, 2.75) is 50.9 Å². The van der Waals surface area contributed by atoms with Gasteiger partial charge < -0.3 is 20.1 Å². The number of esters is 1. The second-order valence-electron chi connectivity index (χ2n) is 9.93. The van der Waals surface area contributed by atoms with Gasteiger partial charge in [-0.25, -0.2) is 0 Å². The molecule has 3 N–H and O–H groups in total. The molecular formula is C20H22O7. The minimum absolute atomic E-state index is 0.0466. The Morgan fingerprint density at radius 1 is 1.15 bits per heavy atom. The molecule has 6 fully saturated rings. The van der Waals surface area contributed by atoms with Crippen LogP contribution in [0.1, 0.15) is 33.6 Å². The van der Waals surface area contributed by atoms with Crippen LogP contribution in [0.15, 0.2) is 11.6 Å². The minimum atomic E-state index is -2.28. The summed E-state index contributed by atoms with van der Waals surface area (Å²) in [4.78, 5) is 39.0. The van der Waals surface area contributed by atoms with E-state index in [0.717, 1.165) is 5.57 Å². The third-order valence-corrected chi connectivity index (χ3v) is 10.3. The van der Waals surface area contributed by atoms with Gasteiger partial charge in [0, 0.05) is 34.0 Å². The first-order chi connectivity index (χ1) is 12.5. The number of hydrogen-bond donors (Lipinski definition) is 3. The minimum Gasteiger partial charge on any atom is -0.462 e. The van der Waals surface area contributed by atoms with E-state index < -0.39 is 74.9 Å². The van der Waals surface area contributed by atoms with Crippen LogP contribution in [0.3, 0.4) is 0 Å². The van der Waals surface area contributed by atoms with Crippen LogP contribution in [0.25, 0.3) is 0 Å². The number of rotatable bonds is 1. The van der Waals surface area contributed by atoms with Gasteiger partial charge in [0.2, 0.25) is 0 Å². The Bertz CT molecular complexity index is 939. The van der Waals surface area contributed by atoms with E-state index in [1.807, 2.05) is 0 Å². The molecule has 1 saturated heterocycles. The first-order valence-corrected chi connectivity index (χ1v) is 9.50. The van der Waals surface area contributed by atoms with E-state index in [2.05, 4.69) is 0 Å². The zero-order chi connectivity index (χ0) is 19.6. The predicted molar refractivity (Wildman–Crippen MR) is 87.9 cm³/mol. The summed E-state index contributed by atoms with van der Waals surface area (Å²) in [6.07, 6.45) is 0.928. The summed E-state index contributed by atoms with van der Waals surface area (Å²) in [5, 5.41) is 34.2. The molecule has 7 heteroatoms. The molecular weight excluding hydrogens is 352 g/mol. The lowest BCUT2D eigenvalue weighted by Crippen LogP contribution is -2.84. The zero-order valence-electron chi connectivity index (χ0n) is 15.4. The molecule has 7 nitrogen and oxygen atoms in total. The van der Waals surface area contributed by atoms with Crippen molar-refractivity contribution in [1.29, 1.82) is 0 Å². The van der Waals surface area contributed by atoms with E-state index in [1.165, 1.54) is 6.08 Å². The Kier molecular flexibility index (Phi) is 2.23. The van der Waals surface area contributed by atoms with Gasteiger partial charge in [-0.1, -0.05) is 19.4 Å². The summed E-state index contributed by atoms with van der Waals surface area (Å²) in [7, 11) is 0. The fourth-order valence-electron chi connectivity index (χ4n) is 9.70. The zero-order valence-corrected chi connectivity index (χ0v) is 15.4. The average molecular weight is 374 g/mol. The third-order valence-electron chi connectivity index (χ3n) is 10.3. The topological polar surface area (TPSA) is 121 Å². The smallest absolute Gasteiger partial charge is 0.306 e. The predicted octanol–water partition coefficient (Wildman–Crippen LogP) is -0.483. The standard InChI is InChI=1S/C20H22O7/c1-8-4-10(22)19(25)16(3)13-14(24)20(19,26)15(2)9-5-12(23)27-11(6-18(8,15)16)17(9,13)7-21/h4,9,11,13,21,25-26H,5-7H2,1-3H3. The lowest BCUT2D eigenvalue weighted by molar-refractivity contribution is -0.341. The quantitative estimate of drug-likeness (QED) is 0.530. The average Bonchev–Trinajstić information content (AvgIpc) is 2.78. The fourth-order valence-corrected chi connectivity index (χ4v) is 9.70. The Labute approximate surface area is 155 Å². The van der Waals surface area contributed by atoms with Gasteiger partial charge in [0.25, 0.3) is 0 Å². The van der Waals surface area contributed by atoms with Gasteiger partial charge in [-0.2, -0.15) is 0 Å². The van der Waals surface area contributed by atoms with E-state index in [-0.39, 0.29) is 12.8 Å². The Morgan fingerprint density at radius 2 is 1.81 bits per heavy atom. The summed E-state index contributed by atoms with van der Waals surface area (Å²) in [6, 6.07) is 0. The van der Waals surface area contributed by atoms with Gasteiger partial charge in [-0.3, -0.25) is 14.4 Å². The second-order valence-corrected chi connectivity index (χ2v) is 9.93. The molecule has 0 aromatic heterocycles. The van der Waals surface area contributed by atoms with E-state index in [9.17, 15) is 29.7 Å². The van der Waals surface area contributed by atoms with Gasteiger partial charge >= 0.3 is 5.97 Å². The molecule has 1 aliphatic heterocycles. The Balaban J connectivity index is 1.85. The van der Waals surface area contributed by atoms with Crippen molar-refractivity contribution >= 4 is 17.5 Å². The van der Waals surface area contributed by atoms with E-state index in [0.29, 0.717) is 0 Å². The van der Waals surface area contributed by atoms with Crippen LogP contribution in [0.2, 0.25) is 0 Å². The summed E-state index contributed by atoms with van der Waals surface area (Å²) in [6.45, 7) is 4.86. The number of hydrogen-bond acceptors (Lipinski definition) is 7. The molecule has 8 bridgehead atoms. The maximum Gasteiger partial charge on any atom is 0.306 e. The molecule has 0 radical (unpaired) electrons. The normalized spacial score (nSPS) is 64.3. The van der Waals surface area contributed by atoms with E-state index in [1.54, 1.807) is 20.8 Å². The van der Waals surface area contributed by atoms with Crippen molar-refractivity contribution < 1.29 is 34.4 Å². The monoisotopic (exact) mass is 374 g/mol. The Hall–Kier alpha value is -1.57. The fraction of sp³-hybridized carbons (Fsp3) is 0.750. The van der Waals surface area contributed by atoms with Gasteiger partial charge in [-0.05, 0) is 25.3 Å². The summed E-state index contributed by atoms with van der Waals surface area (Å²) >= 11 is 0. The van der Waals surface area contributed by atoms with Crippen LogP contribution in [0, 0.1) is 33.5 Å². The van der Waals surface area contributed by atoms with Crippen molar-refractivity contribution in [2.24, 2.45) is 33.5 Å². The number of Topliss-reactive ketones (excluding diaryl/α,β-unsaturated/α-hetero) is 1. The summed E-state index contributed by atoms with van der Waals surface area (Å²) in [5.41, 5.74) is -8.26. The number of ketones is 2. The molecule has 5 saturated carbocycles. The van der Waals surface area contributed by atoms with Gasteiger partial charge in [-0.15, -0.1) is 0 Å². The number of aliphatic hydroxyl groups is 3. The van der Waals surface area contributed by atoms with Gasteiger partial charge in [0.1, 0.15) is 6.10 Å². The highest BCUT2D eigenvalue weighted by molar-refractivity contribution is 6.15. The van der Waals surface area contributed by atoms with Crippen molar-refractivity contribution in [2.75, 3.05) is 6.61 Å². The van der Waals surface area contributed by atoms with Gasteiger partial charge in [0.05, 0.1) is 6.61 Å². The van der Waals surface area contributed by atoms with Crippen molar-refractivity contribution in [3.63, 3.8) is 0 Å². The van der Waals surface area contributed by atoms with Gasteiger partial charge in [0.15, 0.2) is 22.8 Å². The molecule has 1 heterocycles. The van der Waals surface area contributed by atoms with Crippen LogP contribution < -0.4 is 0 Å². The SMILES string of the molecule is CC1=CC(=O)C2(O)C3(O)C(=O)C4C5(CO)C6CC1(C3(C)C5CC(=O)O6)C42C. The first kappa shape index (κ1) is 16.4. The van der Waals surface area contributed by atoms with Crippen LogP contribution in [-0.2, 0) is 19.1 Å². The van der Waals surface area contributed by atoms with Crippen molar-refractivity contribution in [1.82, 2.24) is 0 Å². The summed E-state index contributed by atoms with van der Waals surface area (Å²) in [5.74, 6) is -3.17. The third kappa shape index (κ3) is 0.922. The maximum absolute atomic E-state index is 13.6. The van der Waals surface area contributed by atoms with Crippen molar-refractivity contribution in [3.05, 3.63) is 11.6 Å². The van der Waals surface area contributed by atoms with E-state index in [4.69, 9.17) is 4.74 Å². The number of carbonyl (C=O) groups is 3. The number of allylic oxidation sites excluding steroid dienone is 1. The molecule has 0 amide bonds. The molecule has 27 heavy (non-hydrogen) atoms. The van der Waals surface area contributed by atoms with Crippen molar-refractivity contribution in [3.8, 4) is 0 Å². The molecule has 144 valence electrons. The van der Waals surface area contributed by atoms with E-state index >= 15 is 0 Å². The number of ether oxygens (including phenoxy) is 1. The largest absolute Gasteiger partial charge is 0.462 e. The highest BCUT2D eigenvalue weighted by atomic mass is 16.5. The lowest BCUT2D eigenvalue weighted by atomic mass is 9.24. The Morgan fingerprint density at radius 3 is 2.44 bits per heavy atom. The maximum atomic E-state index is 13.6. The molecule has 0 aromatic rings. The van der Waals surface area contributed by atoms with Crippen LogP contribution >= 0.6 is 0 Å². The molecule has 9 atom stereocenters. The van der Waals surface area contributed by atoms with Crippen LogP contribution in [0.4, 0.5) is 0 Å². The molecule has 6 aliphatic carbocycles. The summed E-state index contributed by atoms with van der Waals surface area (Å²) < 4.78 is 5.64. The molecule has 9 unspecified atom stereocenters. The second kappa shape index (κ2) is 3.67. The lowest BCUT2D eigenvalue weighted by Gasteiger charge is -2.78. The molecule has 0 aromatic carbocycles. The first-order valence-electron chi connectivity index (χ1n) is 9.50.